The molecule has 1 amide bonds. The van der Waals surface area contributed by atoms with E-state index in [1.165, 1.54) is 0 Å². The molecule has 0 spiro atoms. The predicted molar refractivity (Wildman–Crippen MR) is 139 cm³/mol. The number of amides is 1. The highest BCUT2D eigenvalue weighted by Gasteiger charge is 2.52. The molecule has 1 saturated carbocycles. The van der Waals surface area contributed by atoms with Crippen LogP contribution in [0.3, 0.4) is 0 Å². The van der Waals surface area contributed by atoms with Crippen LogP contribution in [-0.4, -0.2) is 164 Å². The van der Waals surface area contributed by atoms with Crippen molar-refractivity contribution in [2.24, 2.45) is 22.9 Å². The molecular formula is C22H44ClN5O13. The van der Waals surface area contributed by atoms with Gasteiger partial charge in [0.2, 0.25) is 5.91 Å². The van der Waals surface area contributed by atoms with Gasteiger partial charge in [0.15, 0.2) is 12.6 Å². The van der Waals surface area contributed by atoms with Gasteiger partial charge < -0.3 is 88.1 Å². The molecule has 6 unspecified atom stereocenters. The number of nitrogens with one attached hydrogen (secondary N) is 1. The highest BCUT2D eigenvalue weighted by Crippen LogP contribution is 2.32. The summed E-state index contributed by atoms with van der Waals surface area (Å²) < 4.78 is 22.5. The fourth-order valence-electron chi connectivity index (χ4n) is 5.07. The summed E-state index contributed by atoms with van der Waals surface area (Å²) in [5, 5.41) is 84.9. The minimum Gasteiger partial charge on any atom is -0.394 e. The molecule has 3 aliphatic rings. The summed E-state index contributed by atoms with van der Waals surface area (Å²) >= 11 is 0. The van der Waals surface area contributed by atoms with Gasteiger partial charge >= 0.3 is 0 Å². The van der Waals surface area contributed by atoms with E-state index >= 15 is 0 Å². The van der Waals surface area contributed by atoms with Crippen molar-refractivity contribution >= 4 is 18.3 Å². The Morgan fingerprint density at radius 3 is 2.02 bits per heavy atom. The number of halogens is 1. The van der Waals surface area contributed by atoms with Crippen LogP contribution in [0.4, 0.5) is 0 Å². The highest BCUT2D eigenvalue weighted by molar-refractivity contribution is 5.85. The maximum Gasteiger partial charge on any atom is 0.249 e. The summed E-state index contributed by atoms with van der Waals surface area (Å²) in [5.41, 5.74) is 23.1. The molecule has 41 heavy (non-hydrogen) atoms. The molecule has 17 N–H and O–H groups in total. The Hall–Kier alpha value is -0.880. The Kier molecular flexibility index (Phi) is 13.9. The second-order valence-corrected chi connectivity index (χ2v) is 10.3. The van der Waals surface area contributed by atoms with Gasteiger partial charge in [-0.25, -0.2) is 0 Å². The van der Waals surface area contributed by atoms with E-state index in [0.717, 1.165) is 0 Å². The summed E-state index contributed by atoms with van der Waals surface area (Å²) in [6.07, 6.45) is -19.8. The van der Waals surface area contributed by atoms with Gasteiger partial charge in [-0.2, -0.15) is 0 Å². The second kappa shape index (κ2) is 15.7. The topological polar surface area (TPSA) is 332 Å². The number of aliphatic hydroxyl groups excluding tert-OH is 8. The first-order valence-electron chi connectivity index (χ1n) is 13.1. The van der Waals surface area contributed by atoms with Crippen molar-refractivity contribution in [3.8, 4) is 0 Å². The molecule has 2 heterocycles. The largest absolute Gasteiger partial charge is 0.394 e. The van der Waals surface area contributed by atoms with Crippen LogP contribution in [0.25, 0.3) is 0 Å². The van der Waals surface area contributed by atoms with Crippen molar-refractivity contribution < 1.29 is 64.6 Å². The monoisotopic (exact) mass is 621 g/mol. The molecule has 2 aliphatic heterocycles. The fraction of sp³-hybridized carbons (Fsp3) is 0.955. The normalized spacial score (nSPS) is 45.9. The second-order valence-electron chi connectivity index (χ2n) is 10.3. The number of carbonyl (C=O) groups is 1. The summed E-state index contributed by atoms with van der Waals surface area (Å²) in [6, 6.07) is -3.45. The first-order valence-corrected chi connectivity index (χ1v) is 13.1. The molecular weight excluding hydrogens is 578 g/mol. The van der Waals surface area contributed by atoms with Crippen LogP contribution in [0.2, 0.25) is 0 Å². The van der Waals surface area contributed by atoms with Gasteiger partial charge in [-0.3, -0.25) is 4.79 Å². The number of aliphatic hydroxyl groups is 8. The molecule has 3 rings (SSSR count). The van der Waals surface area contributed by atoms with E-state index in [-0.39, 0.29) is 38.3 Å². The zero-order valence-electron chi connectivity index (χ0n) is 22.1. The van der Waals surface area contributed by atoms with Crippen molar-refractivity contribution in [2.45, 2.75) is 111 Å². The van der Waals surface area contributed by atoms with E-state index in [1.54, 1.807) is 0 Å². The first-order chi connectivity index (χ1) is 18.9. The molecule has 19 heteroatoms. The number of rotatable bonds is 10. The van der Waals surface area contributed by atoms with Gasteiger partial charge in [0.1, 0.15) is 67.1 Å². The summed E-state index contributed by atoms with van der Waals surface area (Å²) in [6.45, 7) is -0.898. The Morgan fingerprint density at radius 2 is 1.44 bits per heavy atom. The Morgan fingerprint density at radius 1 is 0.854 bits per heavy atom. The zero-order chi connectivity index (χ0) is 29.9. The van der Waals surface area contributed by atoms with Gasteiger partial charge in [0.25, 0.3) is 0 Å². The summed E-state index contributed by atoms with van der Waals surface area (Å²) in [4.78, 5) is 12.6. The van der Waals surface area contributed by atoms with Gasteiger partial charge in [-0.15, -0.1) is 12.4 Å². The molecule has 0 aromatic carbocycles. The van der Waals surface area contributed by atoms with E-state index in [1.807, 2.05) is 0 Å². The quantitative estimate of drug-likeness (QED) is 0.108. The molecule has 0 radical (unpaired) electrons. The molecule has 242 valence electrons. The SMILES string of the molecule is Cl.NCC[C@H](O)C(=O)N[C@H]1C[C@@H](N)C(O[C@@H]2O[C@@H](CN)[C@H](O)C(O)C2O)C(O)[C@@H]1O[C@@H]1OC(CO)[C@@H](O)[C@@H](N)C1O. The van der Waals surface area contributed by atoms with E-state index in [4.69, 9.17) is 41.9 Å². The third-order valence-corrected chi connectivity index (χ3v) is 7.51. The molecule has 1 aliphatic carbocycles. The van der Waals surface area contributed by atoms with E-state index in [2.05, 4.69) is 5.32 Å². The van der Waals surface area contributed by atoms with Crippen LogP contribution in [0.5, 0.6) is 0 Å². The van der Waals surface area contributed by atoms with Crippen LogP contribution in [-0.2, 0) is 23.7 Å². The zero-order valence-corrected chi connectivity index (χ0v) is 22.9. The predicted octanol–water partition coefficient (Wildman–Crippen LogP) is -8.00. The van der Waals surface area contributed by atoms with Crippen molar-refractivity contribution in [1.82, 2.24) is 5.32 Å². The number of nitrogens with two attached hydrogens (primary N) is 4. The van der Waals surface area contributed by atoms with Gasteiger partial charge in [-0.1, -0.05) is 0 Å². The molecule has 0 bridgehead atoms. The van der Waals surface area contributed by atoms with Gasteiger partial charge in [0, 0.05) is 12.6 Å². The van der Waals surface area contributed by atoms with E-state index in [0.29, 0.717) is 0 Å². The molecule has 18 nitrogen and oxygen atoms in total. The van der Waals surface area contributed by atoms with E-state index in [9.17, 15) is 45.6 Å². The third kappa shape index (κ3) is 7.99. The minimum atomic E-state index is -1.76. The van der Waals surface area contributed by atoms with Crippen LogP contribution >= 0.6 is 12.4 Å². The van der Waals surface area contributed by atoms with Crippen LogP contribution in [0, 0.1) is 0 Å². The van der Waals surface area contributed by atoms with Crippen LogP contribution < -0.4 is 28.3 Å². The Labute approximate surface area is 241 Å². The highest BCUT2D eigenvalue weighted by atomic mass is 35.5. The lowest BCUT2D eigenvalue weighted by Gasteiger charge is -2.49. The summed E-state index contributed by atoms with van der Waals surface area (Å²) in [7, 11) is 0. The fourth-order valence-corrected chi connectivity index (χ4v) is 5.07. The first kappa shape index (κ1) is 36.3. The number of ether oxygens (including phenoxy) is 4. The van der Waals surface area contributed by atoms with Crippen molar-refractivity contribution in [2.75, 3.05) is 19.7 Å². The van der Waals surface area contributed by atoms with E-state index < -0.39 is 110 Å². The molecule has 0 aromatic rings. The third-order valence-electron chi connectivity index (χ3n) is 7.51. The van der Waals surface area contributed by atoms with Crippen LogP contribution in [0.15, 0.2) is 0 Å². The lowest BCUT2D eigenvalue weighted by Crippen LogP contribution is -2.69. The molecule has 16 atom stereocenters. The average molecular weight is 622 g/mol. The van der Waals surface area contributed by atoms with Crippen LogP contribution in [0.1, 0.15) is 12.8 Å². The number of hydrogen-bond acceptors (Lipinski definition) is 17. The number of hydrogen-bond donors (Lipinski definition) is 13. The Balaban J connectivity index is 0.00000588. The molecule has 3 fully saturated rings. The van der Waals surface area contributed by atoms with Crippen molar-refractivity contribution in [3.63, 3.8) is 0 Å². The average Bonchev–Trinajstić information content (AvgIpc) is 2.92. The van der Waals surface area contributed by atoms with Gasteiger partial charge in [0.05, 0.1) is 18.7 Å². The lowest BCUT2D eigenvalue weighted by molar-refractivity contribution is -0.332. The smallest absolute Gasteiger partial charge is 0.249 e. The molecule has 0 aromatic heterocycles. The maximum absolute atomic E-state index is 12.6. The minimum absolute atomic E-state index is 0. The maximum atomic E-state index is 12.6. The van der Waals surface area contributed by atoms with Crippen molar-refractivity contribution in [3.05, 3.63) is 0 Å². The standard InChI is InChI=1S/C22H43N5O13.ClH/c23-2-1-8(29)20(36)27-7-3-6(25)18(39-22-16(34)15(33)13(31)9(4-24)37-22)17(35)19(7)40-21-14(32)11(26)12(30)10(5-28)38-21;/h6-19,21-22,28-35H,1-5,23-26H2,(H,27,36);1H/t6-,7+,8+,9+,10?,11-,12-,13+,14?,15?,16?,17?,18?,19-,21+,22+;/m1./s1. The lowest BCUT2D eigenvalue weighted by atomic mass is 9.83. The Bertz CT molecular complexity index is 822. The molecule has 2 saturated heterocycles. The number of carbonyl (C=O) groups excluding carboxylic acids is 1. The van der Waals surface area contributed by atoms with Gasteiger partial charge in [-0.05, 0) is 19.4 Å². The summed E-state index contributed by atoms with van der Waals surface area (Å²) in [5.74, 6) is -0.845. The van der Waals surface area contributed by atoms with Crippen molar-refractivity contribution in [1.29, 1.82) is 0 Å².